The minimum absolute atomic E-state index is 1.05. The van der Waals surface area contributed by atoms with Gasteiger partial charge in [0, 0.05) is 6.20 Å². The third-order valence-corrected chi connectivity index (χ3v) is 2.80. The highest BCUT2D eigenvalue weighted by Crippen LogP contribution is 2.18. The molecule has 17 heavy (non-hydrogen) atoms. The quantitative estimate of drug-likeness (QED) is 0.676. The zero-order chi connectivity index (χ0) is 12.8. The smallest absolute Gasteiger partial charge is 0.0655 e. The van der Waals surface area contributed by atoms with Crippen LogP contribution in [0.15, 0.2) is 36.1 Å². The van der Waals surface area contributed by atoms with E-state index in [0.29, 0.717) is 0 Å². The largest absolute Gasteiger partial charge is 0.256 e. The summed E-state index contributed by atoms with van der Waals surface area (Å²) in [5, 5.41) is 0. The lowest BCUT2D eigenvalue weighted by Crippen LogP contribution is -1.90. The number of allylic oxidation sites excluding steroid dienone is 5. The van der Waals surface area contributed by atoms with Crippen molar-refractivity contribution in [2.24, 2.45) is 0 Å². The summed E-state index contributed by atoms with van der Waals surface area (Å²) >= 11 is 0. The SMILES string of the molecule is C/C=C\c1ncc(/C(C)=C/C(C)=C\C)cc1C. The standard InChI is InChI=1S/C16H21N/c1-6-8-16-14(5)10-15(11-17-16)13(4)9-12(3)7-2/h6-11H,1-5H3/b8-6-,12-7-,13-9+. The summed E-state index contributed by atoms with van der Waals surface area (Å²) in [7, 11) is 0. The lowest BCUT2D eigenvalue weighted by molar-refractivity contribution is 1.22. The van der Waals surface area contributed by atoms with Gasteiger partial charge in [-0.15, -0.1) is 0 Å². The molecule has 0 aliphatic carbocycles. The van der Waals surface area contributed by atoms with Crippen molar-refractivity contribution in [2.45, 2.75) is 34.6 Å². The van der Waals surface area contributed by atoms with Gasteiger partial charge in [-0.25, -0.2) is 0 Å². The molecule has 1 aromatic rings. The molecule has 0 atom stereocenters. The number of nitrogens with zero attached hydrogens (tertiary/aromatic N) is 1. The topological polar surface area (TPSA) is 12.9 Å². The van der Waals surface area contributed by atoms with E-state index in [-0.39, 0.29) is 0 Å². The van der Waals surface area contributed by atoms with Crippen molar-refractivity contribution in [3.05, 3.63) is 52.9 Å². The fourth-order valence-corrected chi connectivity index (χ4v) is 1.64. The zero-order valence-corrected chi connectivity index (χ0v) is 11.4. The Kier molecular flexibility index (Phi) is 4.89. The van der Waals surface area contributed by atoms with Crippen LogP contribution < -0.4 is 0 Å². The molecule has 0 spiro atoms. The Balaban J connectivity index is 3.09. The summed E-state index contributed by atoms with van der Waals surface area (Å²) in [5.74, 6) is 0. The molecule has 0 radical (unpaired) electrons. The van der Waals surface area contributed by atoms with E-state index in [0.717, 1.165) is 5.69 Å². The van der Waals surface area contributed by atoms with E-state index in [9.17, 15) is 0 Å². The molecular weight excluding hydrogens is 206 g/mol. The van der Waals surface area contributed by atoms with Crippen molar-refractivity contribution < 1.29 is 0 Å². The third-order valence-electron chi connectivity index (χ3n) is 2.80. The molecule has 1 nitrogen and oxygen atoms in total. The fourth-order valence-electron chi connectivity index (χ4n) is 1.64. The lowest BCUT2D eigenvalue weighted by Gasteiger charge is -2.05. The first-order valence-electron chi connectivity index (χ1n) is 5.99. The highest BCUT2D eigenvalue weighted by atomic mass is 14.7. The van der Waals surface area contributed by atoms with Crippen LogP contribution in [0.3, 0.4) is 0 Å². The van der Waals surface area contributed by atoms with E-state index in [2.05, 4.69) is 50.9 Å². The van der Waals surface area contributed by atoms with Gasteiger partial charge < -0.3 is 0 Å². The maximum atomic E-state index is 4.48. The van der Waals surface area contributed by atoms with Crippen LogP contribution in [0.25, 0.3) is 11.6 Å². The third kappa shape index (κ3) is 3.70. The van der Waals surface area contributed by atoms with Gasteiger partial charge in [-0.05, 0) is 63.5 Å². The molecule has 0 unspecified atom stereocenters. The van der Waals surface area contributed by atoms with E-state index in [4.69, 9.17) is 0 Å². The van der Waals surface area contributed by atoms with Crippen molar-refractivity contribution in [1.82, 2.24) is 4.98 Å². The van der Waals surface area contributed by atoms with Crippen LogP contribution in [-0.4, -0.2) is 4.98 Å². The molecule has 1 heteroatoms. The van der Waals surface area contributed by atoms with E-state index in [1.807, 2.05) is 25.3 Å². The van der Waals surface area contributed by atoms with Crippen LogP contribution in [0.1, 0.15) is 44.5 Å². The number of pyridine rings is 1. The lowest BCUT2D eigenvalue weighted by atomic mass is 10.0. The van der Waals surface area contributed by atoms with Crippen molar-refractivity contribution >= 4 is 11.6 Å². The van der Waals surface area contributed by atoms with E-state index < -0.39 is 0 Å². The first kappa shape index (κ1) is 13.4. The maximum Gasteiger partial charge on any atom is 0.0655 e. The zero-order valence-electron chi connectivity index (χ0n) is 11.4. The van der Waals surface area contributed by atoms with Crippen LogP contribution in [0.2, 0.25) is 0 Å². The first-order chi connectivity index (χ1) is 8.08. The van der Waals surface area contributed by atoms with Crippen LogP contribution >= 0.6 is 0 Å². The molecule has 0 aliphatic heterocycles. The molecule has 1 heterocycles. The average Bonchev–Trinajstić information content (AvgIpc) is 2.31. The Morgan fingerprint density at radius 2 is 1.94 bits per heavy atom. The second kappa shape index (κ2) is 6.19. The monoisotopic (exact) mass is 227 g/mol. The molecule has 0 saturated carbocycles. The maximum absolute atomic E-state index is 4.48. The molecule has 1 aromatic heterocycles. The van der Waals surface area contributed by atoms with Crippen LogP contribution in [-0.2, 0) is 0 Å². The Hall–Kier alpha value is -1.63. The van der Waals surface area contributed by atoms with Gasteiger partial charge in [0.05, 0.1) is 5.69 Å². The van der Waals surface area contributed by atoms with Crippen LogP contribution in [0, 0.1) is 6.92 Å². The Morgan fingerprint density at radius 3 is 2.47 bits per heavy atom. The van der Waals surface area contributed by atoms with Crippen LogP contribution in [0.5, 0.6) is 0 Å². The Morgan fingerprint density at radius 1 is 1.24 bits per heavy atom. The molecule has 0 aliphatic rings. The summed E-state index contributed by atoms with van der Waals surface area (Å²) in [6.07, 6.45) is 10.3. The van der Waals surface area contributed by atoms with Gasteiger partial charge in [-0.1, -0.05) is 23.8 Å². The Bertz CT molecular complexity index is 476. The Labute approximate surface area is 105 Å². The molecule has 0 fully saturated rings. The highest BCUT2D eigenvalue weighted by Gasteiger charge is 2.00. The van der Waals surface area contributed by atoms with Gasteiger partial charge in [0.2, 0.25) is 0 Å². The fraction of sp³-hybridized carbons (Fsp3) is 0.312. The van der Waals surface area contributed by atoms with E-state index >= 15 is 0 Å². The average molecular weight is 227 g/mol. The molecule has 0 bridgehead atoms. The molecule has 1 rings (SSSR count). The van der Waals surface area contributed by atoms with Crippen molar-refractivity contribution in [1.29, 1.82) is 0 Å². The number of aromatic nitrogens is 1. The van der Waals surface area contributed by atoms with Gasteiger partial charge in [0.1, 0.15) is 0 Å². The minimum Gasteiger partial charge on any atom is -0.256 e. The predicted octanol–water partition coefficient (Wildman–Crippen LogP) is 4.79. The molecule has 90 valence electrons. The summed E-state index contributed by atoms with van der Waals surface area (Å²) in [6.45, 7) is 10.4. The van der Waals surface area contributed by atoms with Gasteiger partial charge in [-0.3, -0.25) is 4.98 Å². The van der Waals surface area contributed by atoms with Crippen molar-refractivity contribution in [3.8, 4) is 0 Å². The van der Waals surface area contributed by atoms with Gasteiger partial charge in [0.25, 0.3) is 0 Å². The number of hydrogen-bond donors (Lipinski definition) is 0. The summed E-state index contributed by atoms with van der Waals surface area (Å²) in [4.78, 5) is 4.48. The number of rotatable bonds is 3. The summed E-state index contributed by atoms with van der Waals surface area (Å²) in [5.41, 5.74) is 5.98. The van der Waals surface area contributed by atoms with Gasteiger partial charge in [-0.2, -0.15) is 0 Å². The molecular formula is C16H21N. The predicted molar refractivity (Wildman–Crippen MR) is 76.8 cm³/mol. The molecule has 0 N–H and O–H groups in total. The van der Waals surface area contributed by atoms with E-state index in [1.54, 1.807) is 0 Å². The van der Waals surface area contributed by atoms with Gasteiger partial charge in [0.15, 0.2) is 0 Å². The number of aryl methyl sites for hydroxylation is 1. The van der Waals surface area contributed by atoms with Crippen LogP contribution in [0.4, 0.5) is 0 Å². The van der Waals surface area contributed by atoms with Crippen molar-refractivity contribution in [3.63, 3.8) is 0 Å². The molecule has 0 saturated heterocycles. The highest BCUT2D eigenvalue weighted by molar-refractivity contribution is 5.67. The number of hydrogen-bond acceptors (Lipinski definition) is 1. The molecule has 0 aromatic carbocycles. The summed E-state index contributed by atoms with van der Waals surface area (Å²) in [6, 6.07) is 2.19. The summed E-state index contributed by atoms with van der Waals surface area (Å²) < 4.78 is 0. The second-order valence-corrected chi connectivity index (χ2v) is 4.29. The molecule has 0 amide bonds. The first-order valence-corrected chi connectivity index (χ1v) is 5.99. The normalized spacial score (nSPS) is 13.5. The van der Waals surface area contributed by atoms with Crippen molar-refractivity contribution in [2.75, 3.05) is 0 Å². The minimum atomic E-state index is 1.05. The van der Waals surface area contributed by atoms with Gasteiger partial charge >= 0.3 is 0 Å². The second-order valence-electron chi connectivity index (χ2n) is 4.29. The van der Waals surface area contributed by atoms with E-state index in [1.165, 1.54) is 22.3 Å².